The maximum atomic E-state index is 13.0. The predicted molar refractivity (Wildman–Crippen MR) is 146 cm³/mol. The zero-order valence-corrected chi connectivity index (χ0v) is 20.2. The summed E-state index contributed by atoms with van der Waals surface area (Å²) in [6.07, 6.45) is 5.38. The lowest BCUT2D eigenvalue weighted by molar-refractivity contribution is 0.633. The van der Waals surface area contributed by atoms with Gasteiger partial charge >= 0.3 is 0 Å². The molecule has 7 heteroatoms. The Bertz CT molecular complexity index is 1710. The molecular formula is C30H24N6O. The summed E-state index contributed by atoms with van der Waals surface area (Å²) in [5.74, 6) is 0.422. The van der Waals surface area contributed by atoms with Crippen LogP contribution < -0.4 is 10.9 Å². The van der Waals surface area contributed by atoms with E-state index in [-0.39, 0.29) is 11.6 Å². The molecule has 3 heterocycles. The summed E-state index contributed by atoms with van der Waals surface area (Å²) in [5.41, 5.74) is 5.58. The number of fused-ring (bicyclic) bond motifs is 1. The molecule has 3 aromatic heterocycles. The van der Waals surface area contributed by atoms with Gasteiger partial charge in [0.05, 0.1) is 11.7 Å². The van der Waals surface area contributed by atoms with Crippen molar-refractivity contribution >= 4 is 22.7 Å². The molecule has 0 spiro atoms. The smallest absolute Gasteiger partial charge is 0.252 e. The van der Waals surface area contributed by atoms with Crippen LogP contribution in [0.2, 0.25) is 0 Å². The van der Waals surface area contributed by atoms with E-state index in [9.17, 15) is 4.79 Å². The van der Waals surface area contributed by atoms with Gasteiger partial charge in [0, 0.05) is 35.7 Å². The molecule has 6 rings (SSSR count). The molecule has 1 N–H and O–H groups in total. The Morgan fingerprint density at radius 3 is 2.30 bits per heavy atom. The third kappa shape index (κ3) is 4.50. The number of benzene rings is 3. The lowest BCUT2D eigenvalue weighted by Gasteiger charge is -2.18. The Labute approximate surface area is 213 Å². The van der Waals surface area contributed by atoms with Crippen molar-refractivity contribution in [2.75, 3.05) is 5.32 Å². The van der Waals surface area contributed by atoms with Gasteiger partial charge in [-0.25, -0.2) is 9.67 Å². The highest BCUT2D eigenvalue weighted by molar-refractivity contribution is 5.76. The van der Waals surface area contributed by atoms with E-state index in [0.29, 0.717) is 11.6 Å². The summed E-state index contributed by atoms with van der Waals surface area (Å²) in [7, 11) is 0. The van der Waals surface area contributed by atoms with Crippen LogP contribution in [-0.2, 0) is 0 Å². The van der Waals surface area contributed by atoms with Gasteiger partial charge in [0.2, 0.25) is 5.95 Å². The first-order chi connectivity index (χ1) is 18.2. The fourth-order valence-corrected chi connectivity index (χ4v) is 4.45. The van der Waals surface area contributed by atoms with E-state index < -0.39 is 0 Å². The lowest BCUT2D eigenvalue weighted by Crippen LogP contribution is -2.24. The molecule has 0 aliphatic rings. The van der Waals surface area contributed by atoms with Gasteiger partial charge in [0.1, 0.15) is 5.65 Å². The molecule has 37 heavy (non-hydrogen) atoms. The molecule has 3 aromatic carbocycles. The van der Waals surface area contributed by atoms with Gasteiger partial charge in [-0.15, -0.1) is 0 Å². The molecule has 6 aromatic rings. The second-order valence-electron chi connectivity index (χ2n) is 8.80. The van der Waals surface area contributed by atoms with E-state index in [1.165, 1.54) is 0 Å². The topological polar surface area (TPSA) is 77.6 Å². The van der Waals surface area contributed by atoms with Crippen molar-refractivity contribution < 1.29 is 0 Å². The first-order valence-corrected chi connectivity index (χ1v) is 12.1. The minimum atomic E-state index is -0.211. The Hall–Kier alpha value is -5.04. The van der Waals surface area contributed by atoms with Crippen LogP contribution in [0.4, 0.5) is 11.6 Å². The molecule has 0 fully saturated rings. The number of hydrogen-bond donors (Lipinski definition) is 1. The number of hydrogen-bond acceptors (Lipinski definition) is 5. The van der Waals surface area contributed by atoms with Crippen molar-refractivity contribution in [2.24, 2.45) is 0 Å². The van der Waals surface area contributed by atoms with Crippen LogP contribution in [0.5, 0.6) is 0 Å². The fraction of sp³-hybridized carbons (Fsp3) is 0.0667. The third-order valence-electron chi connectivity index (χ3n) is 6.45. The van der Waals surface area contributed by atoms with Crippen LogP contribution in [0.15, 0.2) is 120 Å². The van der Waals surface area contributed by atoms with Crippen molar-refractivity contribution in [1.82, 2.24) is 24.3 Å². The Balaban J connectivity index is 1.31. The van der Waals surface area contributed by atoms with Gasteiger partial charge in [-0.05, 0) is 60.0 Å². The van der Waals surface area contributed by atoms with Gasteiger partial charge < -0.3 is 5.32 Å². The highest BCUT2D eigenvalue weighted by Crippen LogP contribution is 2.25. The van der Waals surface area contributed by atoms with Crippen molar-refractivity contribution in [1.29, 1.82) is 0 Å². The molecule has 0 amide bonds. The van der Waals surface area contributed by atoms with Gasteiger partial charge in [-0.1, -0.05) is 54.6 Å². The molecule has 0 aliphatic carbocycles. The van der Waals surface area contributed by atoms with Crippen molar-refractivity contribution in [3.63, 3.8) is 0 Å². The number of aromatic nitrogens is 5. The Kier molecular flexibility index (Phi) is 5.78. The number of nitrogens with zero attached hydrogens (tertiary/aromatic N) is 5. The van der Waals surface area contributed by atoms with Crippen LogP contribution in [0.25, 0.3) is 27.8 Å². The molecular weight excluding hydrogens is 460 g/mol. The predicted octanol–water partition coefficient (Wildman–Crippen LogP) is 6.00. The van der Waals surface area contributed by atoms with Gasteiger partial charge in [0.15, 0.2) is 0 Å². The monoisotopic (exact) mass is 484 g/mol. The fourth-order valence-electron chi connectivity index (χ4n) is 4.45. The van der Waals surface area contributed by atoms with E-state index in [2.05, 4.69) is 51.8 Å². The first-order valence-electron chi connectivity index (χ1n) is 12.1. The third-order valence-corrected chi connectivity index (χ3v) is 6.45. The van der Waals surface area contributed by atoms with Crippen LogP contribution in [-0.4, -0.2) is 24.3 Å². The second kappa shape index (κ2) is 9.54. The first kappa shape index (κ1) is 22.4. The summed E-state index contributed by atoms with van der Waals surface area (Å²) < 4.78 is 3.52. The van der Waals surface area contributed by atoms with Crippen molar-refractivity contribution in [3.8, 4) is 16.8 Å². The molecule has 180 valence electrons. The summed E-state index contributed by atoms with van der Waals surface area (Å²) in [6, 6.07) is 31.4. The van der Waals surface area contributed by atoms with Crippen LogP contribution in [0, 0.1) is 0 Å². The molecule has 0 bridgehead atoms. The summed E-state index contributed by atoms with van der Waals surface area (Å²) in [6.45, 7) is 2.02. The van der Waals surface area contributed by atoms with Crippen molar-refractivity contribution in [2.45, 2.75) is 13.0 Å². The summed E-state index contributed by atoms with van der Waals surface area (Å²) >= 11 is 0. The SMILES string of the molecule is CC(c1ccc(-c2ccccc2)cc1)n1c(=O)ccc2cnc(Nc3ccc(-n4cccn4)cc3)nc21. The van der Waals surface area contributed by atoms with E-state index in [1.54, 1.807) is 33.8 Å². The number of rotatable bonds is 6. The summed E-state index contributed by atoms with van der Waals surface area (Å²) in [5, 5.41) is 8.30. The highest BCUT2D eigenvalue weighted by atomic mass is 16.1. The lowest BCUT2D eigenvalue weighted by atomic mass is 10.0. The van der Waals surface area contributed by atoms with E-state index in [0.717, 1.165) is 33.5 Å². The van der Waals surface area contributed by atoms with Crippen LogP contribution in [0.3, 0.4) is 0 Å². The highest BCUT2D eigenvalue weighted by Gasteiger charge is 2.15. The number of pyridine rings is 1. The largest absolute Gasteiger partial charge is 0.324 e. The van der Waals surface area contributed by atoms with Gasteiger partial charge in [-0.2, -0.15) is 10.1 Å². The van der Waals surface area contributed by atoms with Crippen LogP contribution in [0.1, 0.15) is 18.5 Å². The standard InChI is InChI=1S/C30H24N6O/c1-21(22-8-10-24(11-9-22)23-6-3-2-4-7-23)36-28(37)17-12-25-20-31-30(34-29(25)36)33-26-13-15-27(16-14-26)35-19-5-18-32-35/h2-21H,1H3,(H,31,33,34). The molecule has 0 saturated carbocycles. The molecule has 1 unspecified atom stereocenters. The van der Waals surface area contributed by atoms with Crippen LogP contribution >= 0.6 is 0 Å². The molecule has 0 saturated heterocycles. The van der Waals surface area contributed by atoms with Crippen molar-refractivity contribution in [3.05, 3.63) is 132 Å². The minimum absolute atomic E-state index is 0.111. The zero-order chi connectivity index (χ0) is 25.2. The molecule has 7 nitrogen and oxygen atoms in total. The molecule has 0 aliphatic heterocycles. The second-order valence-corrected chi connectivity index (χ2v) is 8.80. The Morgan fingerprint density at radius 2 is 1.57 bits per heavy atom. The minimum Gasteiger partial charge on any atom is -0.324 e. The Morgan fingerprint density at radius 1 is 0.811 bits per heavy atom. The maximum absolute atomic E-state index is 13.0. The van der Waals surface area contributed by atoms with E-state index in [4.69, 9.17) is 4.98 Å². The number of anilines is 2. The quantitative estimate of drug-likeness (QED) is 0.314. The zero-order valence-electron chi connectivity index (χ0n) is 20.2. The number of nitrogens with one attached hydrogen (secondary N) is 1. The van der Waals surface area contributed by atoms with Gasteiger partial charge in [-0.3, -0.25) is 9.36 Å². The maximum Gasteiger partial charge on any atom is 0.252 e. The van der Waals surface area contributed by atoms with E-state index >= 15 is 0 Å². The summed E-state index contributed by atoms with van der Waals surface area (Å²) in [4.78, 5) is 22.2. The average Bonchev–Trinajstić information content (AvgIpc) is 3.49. The van der Waals surface area contributed by atoms with E-state index in [1.807, 2.05) is 61.7 Å². The molecule has 0 radical (unpaired) electrons. The van der Waals surface area contributed by atoms with Gasteiger partial charge in [0.25, 0.3) is 5.56 Å². The normalized spacial score (nSPS) is 11.9. The average molecular weight is 485 g/mol. The molecule has 1 atom stereocenters.